The molecule has 0 aromatic heterocycles. The highest BCUT2D eigenvalue weighted by Gasteiger charge is 2.71. The van der Waals surface area contributed by atoms with Crippen LogP contribution in [0.5, 0.6) is 0 Å². The number of carboxylic acids is 1. The molecule has 8 unspecified atom stereocenters. The molecule has 0 aromatic carbocycles. The molecular weight excluding hydrogens is 260 g/mol. The molecule has 114 valence electrons. The van der Waals surface area contributed by atoms with Crippen LogP contribution in [0, 0.1) is 46.3 Å². The van der Waals surface area contributed by atoms with Crippen LogP contribution in [0.4, 0.5) is 0 Å². The predicted molar refractivity (Wildman–Crippen MR) is 80.6 cm³/mol. The lowest BCUT2D eigenvalue weighted by atomic mass is 9.50. The average molecular weight is 286 g/mol. The molecule has 0 amide bonds. The smallest absolute Gasteiger partial charge is 0.310 e. The quantitative estimate of drug-likeness (QED) is 0.775. The molecule has 4 fully saturated rings. The Labute approximate surface area is 127 Å². The first-order valence-corrected chi connectivity index (χ1v) is 8.98. The van der Waals surface area contributed by atoms with Gasteiger partial charge in [0.2, 0.25) is 0 Å². The summed E-state index contributed by atoms with van der Waals surface area (Å²) < 4.78 is 0. The average Bonchev–Trinajstić information content (AvgIpc) is 3.21. The number of carbonyl (C=O) groups is 1. The van der Waals surface area contributed by atoms with E-state index in [1.807, 2.05) is 0 Å². The zero-order valence-corrected chi connectivity index (χ0v) is 12.9. The van der Waals surface area contributed by atoms with Gasteiger partial charge in [0.1, 0.15) is 0 Å². The molecule has 0 radical (unpaired) electrons. The minimum absolute atomic E-state index is 0.0547. The highest BCUT2D eigenvalue weighted by Crippen LogP contribution is 2.74. The summed E-state index contributed by atoms with van der Waals surface area (Å²) in [6.07, 6.45) is 13.3. The zero-order chi connectivity index (χ0) is 14.4. The lowest BCUT2D eigenvalue weighted by molar-refractivity contribution is -0.167. The monoisotopic (exact) mass is 286 g/mol. The highest BCUT2D eigenvalue weighted by atomic mass is 16.4. The standard InChI is InChI=1S/C19H26O2/c1-18(10-12-8-16(18)15-4-2-3-14(12)15)19(17(20)21)9-11-5-6-13(19)7-11/h5-6,11-16H,2-4,7-10H2,1H3,(H,20,21). The maximum atomic E-state index is 12.4. The van der Waals surface area contributed by atoms with Crippen molar-refractivity contribution in [1.29, 1.82) is 0 Å². The second kappa shape index (κ2) is 3.75. The van der Waals surface area contributed by atoms with Gasteiger partial charge in [-0.2, -0.15) is 0 Å². The van der Waals surface area contributed by atoms with Gasteiger partial charge in [-0.25, -0.2) is 0 Å². The van der Waals surface area contributed by atoms with Crippen LogP contribution in [0.15, 0.2) is 12.2 Å². The Bertz CT molecular complexity index is 538. The number of hydrogen-bond donors (Lipinski definition) is 1. The van der Waals surface area contributed by atoms with Crippen LogP contribution in [0.3, 0.4) is 0 Å². The molecule has 5 aliphatic carbocycles. The van der Waals surface area contributed by atoms with Gasteiger partial charge < -0.3 is 5.11 Å². The van der Waals surface area contributed by atoms with Gasteiger partial charge in [0, 0.05) is 0 Å². The van der Waals surface area contributed by atoms with Crippen molar-refractivity contribution in [3.63, 3.8) is 0 Å². The molecule has 5 aliphatic rings. The van der Waals surface area contributed by atoms with E-state index in [9.17, 15) is 9.90 Å². The van der Waals surface area contributed by atoms with Gasteiger partial charge in [0.05, 0.1) is 5.41 Å². The molecule has 2 heteroatoms. The Kier molecular flexibility index (Phi) is 2.27. The molecule has 0 aromatic rings. The van der Waals surface area contributed by atoms with E-state index in [2.05, 4.69) is 19.1 Å². The van der Waals surface area contributed by atoms with Gasteiger partial charge in [-0.1, -0.05) is 25.5 Å². The molecule has 0 saturated heterocycles. The van der Waals surface area contributed by atoms with Crippen molar-refractivity contribution in [3.8, 4) is 0 Å². The number of hydrogen-bond acceptors (Lipinski definition) is 1. The largest absolute Gasteiger partial charge is 0.481 e. The van der Waals surface area contributed by atoms with Crippen molar-refractivity contribution in [3.05, 3.63) is 12.2 Å². The predicted octanol–water partition coefficient (Wildman–Crippen LogP) is 4.12. The number of aliphatic carboxylic acids is 1. The van der Waals surface area contributed by atoms with E-state index >= 15 is 0 Å². The number of allylic oxidation sites excluding steroid dienone is 2. The first-order valence-electron chi connectivity index (χ1n) is 8.98. The fourth-order valence-electron chi connectivity index (χ4n) is 7.96. The summed E-state index contributed by atoms with van der Waals surface area (Å²) in [5.74, 6) is 3.70. The Morgan fingerprint density at radius 3 is 2.62 bits per heavy atom. The van der Waals surface area contributed by atoms with Gasteiger partial charge in [-0.05, 0) is 79.4 Å². The van der Waals surface area contributed by atoms with Crippen molar-refractivity contribution in [1.82, 2.24) is 0 Å². The van der Waals surface area contributed by atoms with Crippen molar-refractivity contribution in [2.24, 2.45) is 46.3 Å². The lowest BCUT2D eigenvalue weighted by Crippen LogP contribution is -2.53. The van der Waals surface area contributed by atoms with Crippen LogP contribution in [0.25, 0.3) is 0 Å². The van der Waals surface area contributed by atoms with Gasteiger partial charge in [-0.3, -0.25) is 4.79 Å². The molecule has 0 heterocycles. The van der Waals surface area contributed by atoms with Crippen LogP contribution in [0.2, 0.25) is 0 Å². The number of carboxylic acid groups (broad SMARTS) is 1. The molecule has 4 saturated carbocycles. The van der Waals surface area contributed by atoms with E-state index in [-0.39, 0.29) is 5.41 Å². The van der Waals surface area contributed by atoms with Crippen LogP contribution in [-0.4, -0.2) is 11.1 Å². The molecular formula is C19H26O2. The van der Waals surface area contributed by atoms with Crippen LogP contribution >= 0.6 is 0 Å². The summed E-state index contributed by atoms with van der Waals surface area (Å²) in [6.45, 7) is 2.37. The van der Waals surface area contributed by atoms with E-state index in [0.29, 0.717) is 17.8 Å². The van der Waals surface area contributed by atoms with Gasteiger partial charge in [0.25, 0.3) is 0 Å². The highest BCUT2D eigenvalue weighted by molar-refractivity contribution is 5.78. The van der Waals surface area contributed by atoms with Gasteiger partial charge in [0.15, 0.2) is 0 Å². The SMILES string of the molecule is CC1(C2(C(=O)O)CC3C=CC2C3)CC2CC1C1CCCC21. The lowest BCUT2D eigenvalue weighted by Gasteiger charge is -2.52. The van der Waals surface area contributed by atoms with Gasteiger partial charge >= 0.3 is 5.97 Å². The van der Waals surface area contributed by atoms with E-state index in [0.717, 1.165) is 30.6 Å². The van der Waals surface area contributed by atoms with Gasteiger partial charge in [-0.15, -0.1) is 0 Å². The second-order valence-corrected chi connectivity index (χ2v) is 8.95. The molecule has 2 nitrogen and oxygen atoms in total. The van der Waals surface area contributed by atoms with Crippen LogP contribution in [0.1, 0.15) is 51.9 Å². The Morgan fingerprint density at radius 1 is 1.14 bits per heavy atom. The van der Waals surface area contributed by atoms with Crippen molar-refractivity contribution in [2.75, 3.05) is 0 Å². The minimum atomic E-state index is -0.482. The summed E-state index contributed by atoms with van der Waals surface area (Å²) in [5.41, 5.74) is -0.390. The fraction of sp³-hybridized carbons (Fsp3) is 0.842. The number of fused-ring (bicyclic) bond motifs is 7. The van der Waals surface area contributed by atoms with Crippen LogP contribution < -0.4 is 0 Å². The van der Waals surface area contributed by atoms with Crippen molar-refractivity contribution in [2.45, 2.75) is 51.9 Å². The summed E-state index contributed by atoms with van der Waals surface area (Å²) in [5, 5.41) is 10.2. The normalized spacial score (nSPS) is 59.9. The van der Waals surface area contributed by atoms with Crippen molar-refractivity contribution < 1.29 is 9.90 Å². The third kappa shape index (κ3) is 1.26. The van der Waals surface area contributed by atoms with E-state index in [1.165, 1.54) is 32.1 Å². The molecule has 0 aliphatic heterocycles. The van der Waals surface area contributed by atoms with Crippen LogP contribution in [-0.2, 0) is 4.79 Å². The summed E-state index contributed by atoms with van der Waals surface area (Å²) in [4.78, 5) is 12.4. The first-order chi connectivity index (χ1) is 10.1. The molecule has 0 spiro atoms. The molecule has 4 bridgehead atoms. The minimum Gasteiger partial charge on any atom is -0.481 e. The Balaban J connectivity index is 1.60. The third-order valence-electron chi connectivity index (χ3n) is 8.60. The number of rotatable bonds is 2. The molecule has 8 atom stereocenters. The second-order valence-electron chi connectivity index (χ2n) is 8.95. The van der Waals surface area contributed by atoms with E-state index < -0.39 is 11.4 Å². The Hall–Kier alpha value is -0.790. The fourth-order valence-corrected chi connectivity index (χ4v) is 7.96. The summed E-state index contributed by atoms with van der Waals surface area (Å²) in [7, 11) is 0. The first kappa shape index (κ1) is 12.7. The van der Waals surface area contributed by atoms with E-state index in [4.69, 9.17) is 0 Å². The zero-order valence-electron chi connectivity index (χ0n) is 12.9. The maximum absolute atomic E-state index is 12.4. The molecule has 5 rings (SSSR count). The summed E-state index contributed by atoms with van der Waals surface area (Å²) >= 11 is 0. The van der Waals surface area contributed by atoms with Crippen molar-refractivity contribution >= 4 is 5.97 Å². The van der Waals surface area contributed by atoms with E-state index in [1.54, 1.807) is 0 Å². The molecule has 1 N–H and O–H groups in total. The Morgan fingerprint density at radius 2 is 1.95 bits per heavy atom. The third-order valence-corrected chi connectivity index (χ3v) is 8.60. The topological polar surface area (TPSA) is 37.3 Å². The summed E-state index contributed by atoms with van der Waals surface area (Å²) in [6, 6.07) is 0. The maximum Gasteiger partial charge on any atom is 0.310 e. The molecule has 21 heavy (non-hydrogen) atoms.